The Labute approximate surface area is 123 Å². The number of benzene rings is 1. The maximum absolute atomic E-state index is 12.8. The highest BCUT2D eigenvalue weighted by Crippen LogP contribution is 2.35. The highest BCUT2D eigenvalue weighted by atomic mass is 79.9. The molecule has 7 heteroatoms. The highest BCUT2D eigenvalue weighted by molar-refractivity contribution is 9.10. The summed E-state index contributed by atoms with van der Waals surface area (Å²) in [7, 11) is 1.81. The standard InChI is InChI=1S/C13H14BrF3N2O/c1-18-9-4-5-19(7-9)12(20)8-2-3-11(14)10(6-8)13(15,16)17/h2-3,6,9,18H,4-5,7H2,1H3. The molecule has 1 N–H and O–H groups in total. The second-order valence-electron chi connectivity index (χ2n) is 4.72. The largest absolute Gasteiger partial charge is 0.417 e. The molecule has 0 spiro atoms. The minimum Gasteiger partial charge on any atom is -0.337 e. The molecule has 3 nitrogen and oxygen atoms in total. The van der Waals surface area contributed by atoms with Crippen LogP contribution >= 0.6 is 15.9 Å². The molecule has 0 saturated carbocycles. The lowest BCUT2D eigenvalue weighted by Crippen LogP contribution is -2.33. The summed E-state index contributed by atoms with van der Waals surface area (Å²) in [5.74, 6) is -0.360. The number of likely N-dealkylation sites (tertiary alicyclic amines) is 1. The Balaban J connectivity index is 2.23. The Kier molecular flexibility index (Phi) is 4.39. The van der Waals surface area contributed by atoms with Crippen LogP contribution in [0.3, 0.4) is 0 Å². The molecule has 1 heterocycles. The summed E-state index contributed by atoms with van der Waals surface area (Å²) in [6.45, 7) is 1.08. The lowest BCUT2D eigenvalue weighted by molar-refractivity contribution is -0.138. The molecule has 20 heavy (non-hydrogen) atoms. The normalized spacial score (nSPS) is 19.4. The summed E-state index contributed by atoms with van der Waals surface area (Å²) in [6.07, 6.45) is -3.67. The molecule has 2 rings (SSSR count). The molecule has 1 fully saturated rings. The van der Waals surface area contributed by atoms with Crippen molar-refractivity contribution in [2.45, 2.75) is 18.6 Å². The predicted molar refractivity (Wildman–Crippen MR) is 72.5 cm³/mol. The van der Waals surface area contributed by atoms with Gasteiger partial charge in [0.25, 0.3) is 5.91 Å². The first-order valence-corrected chi connectivity index (χ1v) is 6.95. The molecule has 0 aliphatic carbocycles. The molecule has 1 amide bonds. The van der Waals surface area contributed by atoms with E-state index in [1.54, 1.807) is 11.9 Å². The molecule has 0 bridgehead atoms. The van der Waals surface area contributed by atoms with Crippen LogP contribution in [-0.2, 0) is 6.18 Å². The van der Waals surface area contributed by atoms with Gasteiger partial charge in [-0.15, -0.1) is 0 Å². The zero-order valence-electron chi connectivity index (χ0n) is 10.8. The van der Waals surface area contributed by atoms with Gasteiger partial charge in [-0.3, -0.25) is 4.79 Å². The van der Waals surface area contributed by atoms with Crippen LogP contribution in [0.4, 0.5) is 13.2 Å². The second-order valence-corrected chi connectivity index (χ2v) is 5.57. The van der Waals surface area contributed by atoms with Gasteiger partial charge in [-0.05, 0) is 31.7 Å². The van der Waals surface area contributed by atoms with E-state index in [4.69, 9.17) is 0 Å². The summed E-state index contributed by atoms with van der Waals surface area (Å²) in [4.78, 5) is 13.8. The topological polar surface area (TPSA) is 32.3 Å². The number of likely N-dealkylation sites (N-methyl/N-ethyl adjacent to an activating group) is 1. The van der Waals surface area contributed by atoms with E-state index < -0.39 is 11.7 Å². The summed E-state index contributed by atoms with van der Waals surface area (Å²) in [5, 5.41) is 3.06. The van der Waals surface area contributed by atoms with Gasteiger partial charge in [0, 0.05) is 29.2 Å². The average molecular weight is 351 g/mol. The van der Waals surface area contributed by atoms with Crippen molar-refractivity contribution in [3.63, 3.8) is 0 Å². The molecule has 1 aliphatic heterocycles. The maximum atomic E-state index is 12.8. The van der Waals surface area contributed by atoms with Crippen molar-refractivity contribution in [2.24, 2.45) is 0 Å². The molecular formula is C13H14BrF3N2O. The Morgan fingerprint density at radius 2 is 2.15 bits per heavy atom. The van der Waals surface area contributed by atoms with Crippen LogP contribution in [0.25, 0.3) is 0 Å². The van der Waals surface area contributed by atoms with Gasteiger partial charge >= 0.3 is 6.18 Å². The third-order valence-electron chi connectivity index (χ3n) is 3.40. The fourth-order valence-corrected chi connectivity index (χ4v) is 2.71. The van der Waals surface area contributed by atoms with E-state index in [-0.39, 0.29) is 22.0 Å². The minimum atomic E-state index is -4.48. The number of hydrogen-bond donors (Lipinski definition) is 1. The fourth-order valence-electron chi connectivity index (χ4n) is 2.24. The van der Waals surface area contributed by atoms with Crippen LogP contribution in [0.5, 0.6) is 0 Å². The molecule has 1 saturated heterocycles. The van der Waals surface area contributed by atoms with E-state index in [1.807, 2.05) is 0 Å². The van der Waals surface area contributed by atoms with Crippen LogP contribution in [-0.4, -0.2) is 37.0 Å². The van der Waals surface area contributed by atoms with Gasteiger partial charge in [-0.25, -0.2) is 0 Å². The van der Waals surface area contributed by atoms with Gasteiger partial charge in [0.15, 0.2) is 0 Å². The number of hydrogen-bond acceptors (Lipinski definition) is 2. The van der Waals surface area contributed by atoms with Gasteiger partial charge in [0.1, 0.15) is 0 Å². The van der Waals surface area contributed by atoms with Crippen molar-refractivity contribution in [2.75, 3.05) is 20.1 Å². The van der Waals surface area contributed by atoms with E-state index in [9.17, 15) is 18.0 Å². The van der Waals surface area contributed by atoms with Crippen molar-refractivity contribution in [1.29, 1.82) is 0 Å². The summed E-state index contributed by atoms with van der Waals surface area (Å²) >= 11 is 2.86. The van der Waals surface area contributed by atoms with E-state index in [1.165, 1.54) is 12.1 Å². The zero-order valence-corrected chi connectivity index (χ0v) is 12.4. The number of nitrogens with one attached hydrogen (secondary N) is 1. The van der Waals surface area contributed by atoms with Gasteiger partial charge in [-0.2, -0.15) is 13.2 Å². The number of carbonyl (C=O) groups excluding carboxylic acids is 1. The number of carbonyl (C=O) groups is 1. The van der Waals surface area contributed by atoms with Crippen LogP contribution < -0.4 is 5.32 Å². The smallest absolute Gasteiger partial charge is 0.337 e. The first-order chi connectivity index (χ1) is 9.32. The number of alkyl halides is 3. The molecule has 1 unspecified atom stereocenters. The molecule has 1 aromatic rings. The third kappa shape index (κ3) is 3.15. The van der Waals surface area contributed by atoms with Crippen molar-refractivity contribution in [1.82, 2.24) is 10.2 Å². The molecular weight excluding hydrogens is 337 g/mol. The molecule has 1 aromatic carbocycles. The van der Waals surface area contributed by atoms with Crippen molar-refractivity contribution >= 4 is 21.8 Å². The summed E-state index contributed by atoms with van der Waals surface area (Å²) in [5.41, 5.74) is -0.759. The Morgan fingerprint density at radius 1 is 1.45 bits per heavy atom. The molecule has 1 atom stereocenters. The lowest BCUT2D eigenvalue weighted by Gasteiger charge is -2.18. The monoisotopic (exact) mass is 350 g/mol. The number of nitrogens with zero attached hydrogens (tertiary/aromatic N) is 1. The van der Waals surface area contributed by atoms with Gasteiger partial charge in [0.2, 0.25) is 0 Å². The number of amides is 1. The highest BCUT2D eigenvalue weighted by Gasteiger charge is 2.34. The molecule has 1 aliphatic rings. The van der Waals surface area contributed by atoms with Crippen LogP contribution in [0, 0.1) is 0 Å². The first-order valence-electron chi connectivity index (χ1n) is 6.16. The average Bonchev–Trinajstić information content (AvgIpc) is 2.86. The van der Waals surface area contributed by atoms with Crippen LogP contribution in [0.2, 0.25) is 0 Å². The second kappa shape index (κ2) is 5.73. The Bertz CT molecular complexity index is 519. The fraction of sp³-hybridized carbons (Fsp3) is 0.462. The predicted octanol–water partition coefficient (Wildman–Crippen LogP) is 2.90. The molecule has 0 radical (unpaired) electrons. The third-order valence-corrected chi connectivity index (χ3v) is 4.09. The zero-order chi connectivity index (χ0) is 14.9. The van der Waals surface area contributed by atoms with Crippen LogP contribution in [0.1, 0.15) is 22.3 Å². The maximum Gasteiger partial charge on any atom is 0.417 e. The minimum absolute atomic E-state index is 0.0592. The van der Waals surface area contributed by atoms with E-state index in [0.717, 1.165) is 12.5 Å². The van der Waals surface area contributed by atoms with E-state index in [0.29, 0.717) is 13.1 Å². The molecule has 0 aromatic heterocycles. The summed E-state index contributed by atoms with van der Waals surface area (Å²) < 4.78 is 38.4. The van der Waals surface area contributed by atoms with Crippen molar-refractivity contribution in [3.8, 4) is 0 Å². The van der Waals surface area contributed by atoms with Crippen LogP contribution in [0.15, 0.2) is 22.7 Å². The SMILES string of the molecule is CNC1CCN(C(=O)c2ccc(Br)c(C(F)(F)F)c2)C1. The number of rotatable bonds is 2. The van der Waals surface area contributed by atoms with Crippen molar-refractivity contribution in [3.05, 3.63) is 33.8 Å². The summed E-state index contributed by atoms with van der Waals surface area (Å²) in [6, 6.07) is 3.78. The van der Waals surface area contributed by atoms with Gasteiger partial charge in [0.05, 0.1) is 5.56 Å². The Hall–Kier alpha value is -1.08. The molecule has 110 valence electrons. The lowest BCUT2D eigenvalue weighted by atomic mass is 10.1. The van der Waals surface area contributed by atoms with E-state index in [2.05, 4.69) is 21.2 Å². The first kappa shape index (κ1) is 15.3. The number of halogens is 4. The van der Waals surface area contributed by atoms with Gasteiger partial charge in [-0.1, -0.05) is 15.9 Å². The van der Waals surface area contributed by atoms with Crippen molar-refractivity contribution < 1.29 is 18.0 Å². The van der Waals surface area contributed by atoms with Gasteiger partial charge < -0.3 is 10.2 Å². The quantitative estimate of drug-likeness (QED) is 0.889. The van der Waals surface area contributed by atoms with E-state index >= 15 is 0 Å². The Morgan fingerprint density at radius 3 is 2.70 bits per heavy atom.